The Morgan fingerprint density at radius 3 is 2.73 bits per heavy atom. The minimum absolute atomic E-state index is 0.656. The van der Waals surface area contributed by atoms with Gasteiger partial charge in [-0.25, -0.2) is 0 Å². The molecule has 22 heavy (non-hydrogen) atoms. The van der Waals surface area contributed by atoms with E-state index in [0.29, 0.717) is 5.92 Å². The van der Waals surface area contributed by atoms with Crippen LogP contribution in [0, 0.1) is 6.92 Å². The van der Waals surface area contributed by atoms with Gasteiger partial charge >= 0.3 is 0 Å². The zero-order valence-electron chi connectivity index (χ0n) is 13.0. The molecule has 0 radical (unpaired) electrons. The molecular formula is C20H22N2. The van der Waals surface area contributed by atoms with Crippen molar-refractivity contribution in [3.63, 3.8) is 0 Å². The third-order valence-corrected chi connectivity index (χ3v) is 4.92. The molecule has 0 amide bonds. The molecule has 3 aromatic rings. The van der Waals surface area contributed by atoms with Gasteiger partial charge in [0.25, 0.3) is 0 Å². The van der Waals surface area contributed by atoms with Crippen molar-refractivity contribution in [1.29, 1.82) is 0 Å². The second-order valence-corrected chi connectivity index (χ2v) is 6.35. The summed E-state index contributed by atoms with van der Waals surface area (Å²) in [6.07, 6.45) is 3.63. The molecule has 1 saturated heterocycles. The van der Waals surface area contributed by atoms with Gasteiger partial charge in [0, 0.05) is 30.2 Å². The third kappa shape index (κ3) is 2.34. The van der Waals surface area contributed by atoms with Crippen LogP contribution in [0.25, 0.3) is 10.9 Å². The summed E-state index contributed by atoms with van der Waals surface area (Å²) in [6.45, 7) is 5.40. The summed E-state index contributed by atoms with van der Waals surface area (Å²) < 4.78 is 2.42. The zero-order chi connectivity index (χ0) is 14.9. The van der Waals surface area contributed by atoms with Crippen molar-refractivity contribution in [3.05, 3.63) is 71.4 Å². The third-order valence-electron chi connectivity index (χ3n) is 4.92. The average Bonchev–Trinajstić information content (AvgIpc) is 3.18. The quantitative estimate of drug-likeness (QED) is 0.769. The van der Waals surface area contributed by atoms with Crippen molar-refractivity contribution < 1.29 is 0 Å². The standard InChI is InChI=1S/C20H22N2/c1-15-6-2-3-7-17(15)13-22-14-19(16-10-11-21-12-16)18-8-4-5-9-20(18)22/h2-9,14,16,21H,10-13H2,1H3. The second-order valence-electron chi connectivity index (χ2n) is 6.35. The SMILES string of the molecule is Cc1ccccc1Cn1cc(C2CCNC2)c2ccccc21. The molecule has 0 spiro atoms. The van der Waals surface area contributed by atoms with Crippen LogP contribution >= 0.6 is 0 Å². The van der Waals surface area contributed by atoms with E-state index in [4.69, 9.17) is 0 Å². The average molecular weight is 290 g/mol. The Hall–Kier alpha value is -2.06. The number of hydrogen-bond donors (Lipinski definition) is 1. The van der Waals surface area contributed by atoms with E-state index in [0.717, 1.165) is 19.6 Å². The number of para-hydroxylation sites is 1. The molecule has 0 bridgehead atoms. The number of hydrogen-bond acceptors (Lipinski definition) is 1. The largest absolute Gasteiger partial charge is 0.343 e. The van der Waals surface area contributed by atoms with Crippen LogP contribution in [0.2, 0.25) is 0 Å². The molecule has 2 heterocycles. The molecule has 2 nitrogen and oxygen atoms in total. The summed E-state index contributed by atoms with van der Waals surface area (Å²) in [4.78, 5) is 0. The molecule has 1 N–H and O–H groups in total. The van der Waals surface area contributed by atoms with Gasteiger partial charge in [-0.3, -0.25) is 0 Å². The molecule has 1 aliphatic rings. The zero-order valence-corrected chi connectivity index (χ0v) is 13.0. The van der Waals surface area contributed by atoms with Crippen LogP contribution in [0.15, 0.2) is 54.7 Å². The summed E-state index contributed by atoms with van der Waals surface area (Å²) in [5, 5.41) is 4.92. The number of nitrogens with one attached hydrogen (secondary N) is 1. The minimum Gasteiger partial charge on any atom is -0.343 e. The predicted octanol–water partition coefficient (Wildman–Crippen LogP) is 4.07. The van der Waals surface area contributed by atoms with Gasteiger partial charge in [-0.15, -0.1) is 0 Å². The lowest BCUT2D eigenvalue weighted by Crippen LogP contribution is -2.07. The fraction of sp³-hybridized carbons (Fsp3) is 0.300. The van der Waals surface area contributed by atoms with Crippen LogP contribution in [0.4, 0.5) is 0 Å². The van der Waals surface area contributed by atoms with Crippen LogP contribution in [-0.4, -0.2) is 17.7 Å². The summed E-state index contributed by atoms with van der Waals surface area (Å²) in [6, 6.07) is 17.5. The van der Waals surface area contributed by atoms with Crippen molar-refractivity contribution in [2.45, 2.75) is 25.8 Å². The van der Waals surface area contributed by atoms with Gasteiger partial charge in [0.2, 0.25) is 0 Å². The van der Waals surface area contributed by atoms with Crippen molar-refractivity contribution >= 4 is 10.9 Å². The maximum absolute atomic E-state index is 3.49. The Labute approximate surface area is 131 Å². The number of fused-ring (bicyclic) bond motifs is 1. The number of nitrogens with zero attached hydrogens (tertiary/aromatic N) is 1. The Bertz CT molecular complexity index is 794. The summed E-state index contributed by atoms with van der Waals surface area (Å²) in [5.74, 6) is 0.656. The highest BCUT2D eigenvalue weighted by Crippen LogP contribution is 2.31. The molecule has 1 unspecified atom stereocenters. The van der Waals surface area contributed by atoms with E-state index in [1.807, 2.05) is 0 Å². The maximum Gasteiger partial charge on any atom is 0.0486 e. The monoisotopic (exact) mass is 290 g/mol. The first-order valence-electron chi connectivity index (χ1n) is 8.16. The molecule has 1 aromatic heterocycles. The maximum atomic E-state index is 3.49. The van der Waals surface area contributed by atoms with Gasteiger partial charge in [0.1, 0.15) is 0 Å². The number of aromatic nitrogens is 1. The van der Waals surface area contributed by atoms with Crippen LogP contribution < -0.4 is 5.32 Å². The molecule has 4 rings (SSSR count). The van der Waals surface area contributed by atoms with Crippen LogP contribution in [0.1, 0.15) is 29.0 Å². The lowest BCUT2D eigenvalue weighted by molar-refractivity contribution is 0.753. The van der Waals surface area contributed by atoms with E-state index >= 15 is 0 Å². The first-order chi connectivity index (χ1) is 10.8. The first-order valence-corrected chi connectivity index (χ1v) is 8.16. The number of aryl methyl sites for hydroxylation is 1. The van der Waals surface area contributed by atoms with Crippen molar-refractivity contribution in [2.24, 2.45) is 0 Å². The van der Waals surface area contributed by atoms with Gasteiger partial charge in [0.15, 0.2) is 0 Å². The molecule has 2 aromatic carbocycles. The first kappa shape index (κ1) is 13.6. The molecule has 1 fully saturated rings. The molecule has 1 aliphatic heterocycles. The van der Waals surface area contributed by atoms with E-state index in [1.165, 1.54) is 34.0 Å². The molecule has 0 aliphatic carbocycles. The highest BCUT2D eigenvalue weighted by atomic mass is 15.0. The van der Waals surface area contributed by atoms with Gasteiger partial charge < -0.3 is 9.88 Å². The van der Waals surface area contributed by atoms with Gasteiger partial charge in [0.05, 0.1) is 0 Å². The smallest absolute Gasteiger partial charge is 0.0486 e. The van der Waals surface area contributed by atoms with Crippen LogP contribution in [-0.2, 0) is 6.54 Å². The molecular weight excluding hydrogens is 268 g/mol. The topological polar surface area (TPSA) is 17.0 Å². The second kappa shape index (κ2) is 5.62. The Balaban J connectivity index is 1.79. The highest BCUT2D eigenvalue weighted by Gasteiger charge is 2.21. The van der Waals surface area contributed by atoms with Crippen LogP contribution in [0.5, 0.6) is 0 Å². The fourth-order valence-corrected chi connectivity index (χ4v) is 3.62. The van der Waals surface area contributed by atoms with E-state index in [1.54, 1.807) is 0 Å². The normalized spacial score (nSPS) is 18.1. The fourth-order valence-electron chi connectivity index (χ4n) is 3.62. The Morgan fingerprint density at radius 1 is 1.09 bits per heavy atom. The number of benzene rings is 2. The summed E-state index contributed by atoms with van der Waals surface area (Å²) in [7, 11) is 0. The van der Waals surface area contributed by atoms with Crippen molar-refractivity contribution in [3.8, 4) is 0 Å². The Morgan fingerprint density at radius 2 is 1.91 bits per heavy atom. The van der Waals surface area contributed by atoms with Crippen molar-refractivity contribution in [1.82, 2.24) is 9.88 Å². The minimum atomic E-state index is 0.656. The summed E-state index contributed by atoms with van der Waals surface area (Å²) >= 11 is 0. The van der Waals surface area contributed by atoms with Gasteiger partial charge in [-0.1, -0.05) is 42.5 Å². The predicted molar refractivity (Wildman–Crippen MR) is 92.4 cm³/mol. The van der Waals surface area contributed by atoms with E-state index in [2.05, 4.69) is 71.5 Å². The molecule has 2 heteroatoms. The molecule has 1 atom stereocenters. The van der Waals surface area contributed by atoms with E-state index < -0.39 is 0 Å². The highest BCUT2D eigenvalue weighted by molar-refractivity contribution is 5.84. The van der Waals surface area contributed by atoms with Crippen LogP contribution in [0.3, 0.4) is 0 Å². The molecule has 112 valence electrons. The molecule has 0 saturated carbocycles. The lowest BCUT2D eigenvalue weighted by Gasteiger charge is -2.08. The van der Waals surface area contributed by atoms with E-state index in [-0.39, 0.29) is 0 Å². The van der Waals surface area contributed by atoms with E-state index in [9.17, 15) is 0 Å². The lowest BCUT2D eigenvalue weighted by atomic mass is 9.98. The van der Waals surface area contributed by atoms with Crippen molar-refractivity contribution in [2.75, 3.05) is 13.1 Å². The van der Waals surface area contributed by atoms with Gasteiger partial charge in [-0.2, -0.15) is 0 Å². The summed E-state index contributed by atoms with van der Waals surface area (Å²) in [5.41, 5.74) is 5.63. The number of rotatable bonds is 3. The van der Waals surface area contributed by atoms with Gasteiger partial charge in [-0.05, 0) is 48.6 Å². The Kier molecular flexibility index (Phi) is 3.47.